The summed E-state index contributed by atoms with van der Waals surface area (Å²) >= 11 is 9.07. The molecule has 1 unspecified atom stereocenters. The predicted molar refractivity (Wildman–Crippen MR) is 57.4 cm³/mol. The Bertz CT molecular complexity index is 329. The van der Waals surface area contributed by atoms with Crippen LogP contribution in [0.2, 0.25) is 5.15 Å². The van der Waals surface area contributed by atoms with Gasteiger partial charge in [-0.15, -0.1) is 5.10 Å². The van der Waals surface area contributed by atoms with E-state index in [0.717, 1.165) is 36.0 Å². The third-order valence-electron chi connectivity index (χ3n) is 2.22. The Morgan fingerprint density at radius 1 is 1.57 bits per heavy atom. The summed E-state index contributed by atoms with van der Waals surface area (Å²) in [4.78, 5) is 0. The van der Waals surface area contributed by atoms with Gasteiger partial charge in [-0.25, -0.2) is 0 Å². The van der Waals surface area contributed by atoms with E-state index in [0.29, 0.717) is 11.3 Å². The van der Waals surface area contributed by atoms with Crippen LogP contribution in [0.5, 0.6) is 0 Å². The third-order valence-corrected chi connectivity index (χ3v) is 3.33. The largest absolute Gasteiger partial charge is 0.378 e. The van der Waals surface area contributed by atoms with E-state index in [1.807, 2.05) is 6.07 Å². The van der Waals surface area contributed by atoms with Crippen LogP contribution in [-0.2, 0) is 11.2 Å². The van der Waals surface area contributed by atoms with Gasteiger partial charge in [0, 0.05) is 13.0 Å². The van der Waals surface area contributed by atoms with Gasteiger partial charge in [0.2, 0.25) is 0 Å². The number of hydrogen-bond acceptors (Lipinski definition) is 3. The summed E-state index contributed by atoms with van der Waals surface area (Å²) in [5.74, 6) is 0. The molecule has 1 atom stereocenters. The summed E-state index contributed by atoms with van der Waals surface area (Å²) < 4.78 is 6.30. The van der Waals surface area contributed by atoms with Crippen LogP contribution >= 0.6 is 27.5 Å². The van der Waals surface area contributed by atoms with Crippen LogP contribution in [-0.4, -0.2) is 22.9 Å². The van der Waals surface area contributed by atoms with Gasteiger partial charge in [0.25, 0.3) is 0 Å². The fourth-order valence-electron chi connectivity index (χ4n) is 1.53. The van der Waals surface area contributed by atoms with E-state index in [9.17, 15) is 0 Å². The number of hydrogen-bond donors (Lipinski definition) is 0. The molecular weight excluding hydrogens is 267 g/mol. The van der Waals surface area contributed by atoms with Gasteiger partial charge >= 0.3 is 0 Å². The first-order chi connectivity index (χ1) is 6.75. The molecule has 0 amide bonds. The highest BCUT2D eigenvalue weighted by Gasteiger charge is 2.17. The molecule has 0 aromatic carbocycles. The van der Waals surface area contributed by atoms with Crippen LogP contribution in [0.4, 0.5) is 0 Å². The van der Waals surface area contributed by atoms with Crippen molar-refractivity contribution in [3.05, 3.63) is 21.4 Å². The first kappa shape index (κ1) is 10.3. The molecule has 1 aliphatic rings. The summed E-state index contributed by atoms with van der Waals surface area (Å²) in [6.07, 6.45) is 3.38. The Hall–Kier alpha value is -0.190. The van der Waals surface area contributed by atoms with Crippen molar-refractivity contribution in [2.24, 2.45) is 0 Å². The lowest BCUT2D eigenvalue weighted by Gasteiger charge is -2.07. The van der Waals surface area contributed by atoms with E-state index in [1.54, 1.807) is 0 Å². The van der Waals surface area contributed by atoms with E-state index < -0.39 is 0 Å². The van der Waals surface area contributed by atoms with Gasteiger partial charge in [-0.3, -0.25) is 0 Å². The van der Waals surface area contributed by atoms with E-state index in [2.05, 4.69) is 26.1 Å². The maximum atomic E-state index is 5.75. The summed E-state index contributed by atoms with van der Waals surface area (Å²) in [5, 5.41) is 8.25. The average Bonchev–Trinajstić information content (AvgIpc) is 2.64. The Balaban J connectivity index is 2.05. The monoisotopic (exact) mass is 276 g/mol. The number of aromatic nitrogens is 2. The zero-order valence-electron chi connectivity index (χ0n) is 7.54. The van der Waals surface area contributed by atoms with Gasteiger partial charge in [-0.1, -0.05) is 11.6 Å². The fourth-order valence-corrected chi connectivity index (χ4v) is 1.96. The van der Waals surface area contributed by atoms with Crippen LogP contribution in [0.25, 0.3) is 0 Å². The number of rotatable bonds is 2. The average molecular weight is 278 g/mol. The molecule has 0 radical (unpaired) electrons. The number of nitrogens with zero attached hydrogens (tertiary/aromatic N) is 2. The standard InChI is InChI=1S/C9H10BrClN2O/c10-8-5-6(12-13-9(8)11)4-7-2-1-3-14-7/h5,7H,1-4H2. The highest BCUT2D eigenvalue weighted by Crippen LogP contribution is 2.21. The molecule has 1 fully saturated rings. The normalized spacial score (nSPS) is 21.4. The van der Waals surface area contributed by atoms with E-state index in [-0.39, 0.29) is 0 Å². The summed E-state index contributed by atoms with van der Waals surface area (Å²) in [6.45, 7) is 0.868. The summed E-state index contributed by atoms with van der Waals surface area (Å²) in [6, 6.07) is 1.90. The Kier molecular flexibility index (Phi) is 3.36. The van der Waals surface area contributed by atoms with Crippen molar-refractivity contribution >= 4 is 27.5 Å². The first-order valence-electron chi connectivity index (χ1n) is 4.55. The van der Waals surface area contributed by atoms with Crippen molar-refractivity contribution in [2.75, 3.05) is 6.61 Å². The van der Waals surface area contributed by atoms with Crippen molar-refractivity contribution in [3.8, 4) is 0 Å². The molecule has 0 N–H and O–H groups in total. The topological polar surface area (TPSA) is 35.0 Å². The van der Waals surface area contributed by atoms with E-state index in [4.69, 9.17) is 16.3 Å². The highest BCUT2D eigenvalue weighted by molar-refractivity contribution is 9.10. The molecule has 14 heavy (non-hydrogen) atoms. The van der Waals surface area contributed by atoms with Crippen molar-refractivity contribution in [2.45, 2.75) is 25.4 Å². The van der Waals surface area contributed by atoms with Gasteiger partial charge in [-0.2, -0.15) is 5.10 Å². The molecule has 0 aliphatic carbocycles. The number of halogens is 2. The van der Waals surface area contributed by atoms with Crippen LogP contribution in [0.3, 0.4) is 0 Å². The minimum atomic E-state index is 0.303. The highest BCUT2D eigenvalue weighted by atomic mass is 79.9. The van der Waals surface area contributed by atoms with E-state index >= 15 is 0 Å². The van der Waals surface area contributed by atoms with Gasteiger partial charge in [0.05, 0.1) is 16.3 Å². The second-order valence-electron chi connectivity index (χ2n) is 3.31. The van der Waals surface area contributed by atoms with Crippen molar-refractivity contribution in [1.29, 1.82) is 0 Å². The van der Waals surface area contributed by atoms with Gasteiger partial charge in [0.15, 0.2) is 5.15 Å². The zero-order valence-corrected chi connectivity index (χ0v) is 9.88. The minimum Gasteiger partial charge on any atom is -0.378 e. The molecule has 0 bridgehead atoms. The molecule has 0 saturated carbocycles. The van der Waals surface area contributed by atoms with Crippen LogP contribution in [0.1, 0.15) is 18.5 Å². The lowest BCUT2D eigenvalue weighted by atomic mass is 10.1. The summed E-state index contributed by atoms with van der Waals surface area (Å²) in [7, 11) is 0. The maximum Gasteiger partial charge on any atom is 0.165 e. The van der Waals surface area contributed by atoms with Crippen molar-refractivity contribution in [3.63, 3.8) is 0 Å². The Morgan fingerprint density at radius 3 is 3.07 bits per heavy atom. The molecule has 2 rings (SSSR count). The van der Waals surface area contributed by atoms with Crippen LogP contribution < -0.4 is 0 Å². The second-order valence-corrected chi connectivity index (χ2v) is 4.53. The minimum absolute atomic E-state index is 0.303. The molecule has 5 heteroatoms. The lowest BCUT2D eigenvalue weighted by Crippen LogP contribution is -2.10. The molecule has 0 spiro atoms. The van der Waals surface area contributed by atoms with Crippen LogP contribution in [0, 0.1) is 0 Å². The molecule has 3 nitrogen and oxygen atoms in total. The van der Waals surface area contributed by atoms with Crippen molar-refractivity contribution < 1.29 is 4.74 Å². The molecular formula is C9H10BrClN2O. The predicted octanol–water partition coefficient (Wildman–Crippen LogP) is 2.61. The second kappa shape index (κ2) is 4.55. The van der Waals surface area contributed by atoms with Crippen molar-refractivity contribution in [1.82, 2.24) is 10.2 Å². The first-order valence-corrected chi connectivity index (χ1v) is 5.72. The summed E-state index contributed by atoms with van der Waals surface area (Å²) in [5.41, 5.74) is 0.924. The lowest BCUT2D eigenvalue weighted by molar-refractivity contribution is 0.110. The Labute approximate surface area is 95.9 Å². The maximum absolute atomic E-state index is 5.75. The van der Waals surface area contributed by atoms with E-state index in [1.165, 1.54) is 0 Å². The van der Waals surface area contributed by atoms with Crippen LogP contribution in [0.15, 0.2) is 10.5 Å². The fraction of sp³-hybridized carbons (Fsp3) is 0.556. The smallest absolute Gasteiger partial charge is 0.165 e. The SMILES string of the molecule is Clc1nnc(CC2CCCO2)cc1Br. The third kappa shape index (κ3) is 2.43. The van der Waals surface area contributed by atoms with Gasteiger partial charge < -0.3 is 4.74 Å². The molecule has 76 valence electrons. The molecule has 1 aromatic heterocycles. The number of ether oxygens (including phenoxy) is 1. The van der Waals surface area contributed by atoms with Gasteiger partial charge in [0.1, 0.15) is 0 Å². The Morgan fingerprint density at radius 2 is 2.43 bits per heavy atom. The molecule has 1 aromatic rings. The molecule has 1 saturated heterocycles. The molecule has 2 heterocycles. The van der Waals surface area contributed by atoms with Gasteiger partial charge in [-0.05, 0) is 34.8 Å². The quantitative estimate of drug-likeness (QED) is 0.833. The zero-order chi connectivity index (χ0) is 9.97. The molecule has 1 aliphatic heterocycles.